The molecule has 4 rings (SSSR count). The number of benzene rings is 3. The third kappa shape index (κ3) is 4.71. The summed E-state index contributed by atoms with van der Waals surface area (Å²) in [6, 6.07) is 20.2. The van der Waals surface area contributed by atoms with Crippen LogP contribution in [0, 0.1) is 19.8 Å². The van der Waals surface area contributed by atoms with Gasteiger partial charge in [0.15, 0.2) is 0 Å². The van der Waals surface area contributed by atoms with E-state index in [-0.39, 0.29) is 18.5 Å². The molecule has 2 unspecified atom stereocenters. The van der Waals surface area contributed by atoms with Gasteiger partial charge < -0.3 is 4.74 Å². The van der Waals surface area contributed by atoms with E-state index in [1.54, 1.807) is 0 Å². The van der Waals surface area contributed by atoms with E-state index < -0.39 is 5.92 Å². The molecule has 0 bridgehead atoms. The van der Waals surface area contributed by atoms with Crippen LogP contribution in [0.25, 0.3) is 11.0 Å². The van der Waals surface area contributed by atoms with Gasteiger partial charge in [-0.3, -0.25) is 4.79 Å². The zero-order valence-electron chi connectivity index (χ0n) is 20.1. The maximum Gasteiger partial charge on any atom is 0.309 e. The van der Waals surface area contributed by atoms with Crippen LogP contribution in [-0.2, 0) is 28.6 Å². The van der Waals surface area contributed by atoms with Gasteiger partial charge in [-0.25, -0.2) is 4.68 Å². The first-order chi connectivity index (χ1) is 16.4. The summed E-state index contributed by atoms with van der Waals surface area (Å²) in [4.78, 5) is 13.3. The molecule has 2 atom stereocenters. The van der Waals surface area contributed by atoms with Crippen LogP contribution in [0.2, 0.25) is 0 Å². The van der Waals surface area contributed by atoms with Crippen molar-refractivity contribution in [2.45, 2.75) is 52.6 Å². The van der Waals surface area contributed by atoms with Crippen molar-refractivity contribution in [1.82, 2.24) is 15.0 Å². The van der Waals surface area contributed by atoms with E-state index in [9.17, 15) is 4.79 Å². The Morgan fingerprint density at radius 1 is 1.09 bits per heavy atom. The third-order valence-corrected chi connectivity index (χ3v) is 6.88. The smallest absolute Gasteiger partial charge is 0.309 e. The molecule has 5 nitrogen and oxygen atoms in total. The Morgan fingerprint density at radius 2 is 1.85 bits per heavy atom. The number of aryl methyl sites for hydroxylation is 3. The van der Waals surface area contributed by atoms with Crippen LogP contribution in [0.4, 0.5) is 0 Å². The lowest BCUT2D eigenvalue weighted by Crippen LogP contribution is -2.24. The summed E-state index contributed by atoms with van der Waals surface area (Å²) in [7, 11) is 0. The number of fused-ring (bicyclic) bond motifs is 1. The Hall–Kier alpha value is -3.18. The van der Waals surface area contributed by atoms with E-state index in [4.69, 9.17) is 16.3 Å². The van der Waals surface area contributed by atoms with Gasteiger partial charge in [0.25, 0.3) is 0 Å². The lowest BCUT2D eigenvalue weighted by Gasteiger charge is -2.26. The Kier molecular flexibility index (Phi) is 7.32. The minimum Gasteiger partial charge on any atom is -0.461 e. The summed E-state index contributed by atoms with van der Waals surface area (Å²) in [6.07, 6.45) is 0. The number of hydrogen-bond acceptors (Lipinski definition) is 4. The minimum atomic E-state index is -0.410. The number of nitrogens with zero attached hydrogens (tertiary/aromatic N) is 3. The zero-order valence-corrected chi connectivity index (χ0v) is 20.8. The number of carbonyl (C=O) groups excluding carboxylic acids is 1. The number of rotatable bonds is 8. The van der Waals surface area contributed by atoms with Gasteiger partial charge in [0.1, 0.15) is 12.1 Å². The van der Waals surface area contributed by atoms with Crippen molar-refractivity contribution in [3.8, 4) is 0 Å². The molecule has 0 fully saturated rings. The van der Waals surface area contributed by atoms with Crippen LogP contribution in [0.3, 0.4) is 0 Å². The highest BCUT2D eigenvalue weighted by atomic mass is 35.5. The van der Waals surface area contributed by atoms with Crippen LogP contribution in [-0.4, -0.2) is 21.0 Å². The number of ether oxygens (including phenoxy) is 1. The predicted molar refractivity (Wildman–Crippen MR) is 136 cm³/mol. The Morgan fingerprint density at radius 3 is 2.56 bits per heavy atom. The van der Waals surface area contributed by atoms with Crippen LogP contribution in [0.5, 0.6) is 0 Å². The fraction of sp³-hybridized carbons (Fsp3) is 0.321. The molecule has 0 radical (unpaired) electrons. The second-order valence-electron chi connectivity index (χ2n) is 8.73. The van der Waals surface area contributed by atoms with Crippen molar-refractivity contribution in [2.24, 2.45) is 5.92 Å². The molecule has 0 aliphatic carbocycles. The fourth-order valence-corrected chi connectivity index (χ4v) is 4.80. The Balaban J connectivity index is 1.75. The van der Waals surface area contributed by atoms with Crippen molar-refractivity contribution in [3.63, 3.8) is 0 Å². The summed E-state index contributed by atoms with van der Waals surface area (Å²) < 4.78 is 7.63. The average molecular weight is 476 g/mol. The molecule has 4 aromatic rings. The van der Waals surface area contributed by atoms with Gasteiger partial charge in [-0.2, -0.15) is 0 Å². The normalized spacial score (nSPS) is 13.1. The molecule has 6 heteroatoms. The van der Waals surface area contributed by atoms with Crippen molar-refractivity contribution < 1.29 is 9.53 Å². The summed E-state index contributed by atoms with van der Waals surface area (Å²) >= 11 is 6.23. The largest absolute Gasteiger partial charge is 0.461 e. The van der Waals surface area contributed by atoms with E-state index >= 15 is 0 Å². The molecule has 0 amide bonds. The van der Waals surface area contributed by atoms with Gasteiger partial charge in [-0.1, -0.05) is 66.7 Å². The molecular formula is C28H30ClN3O2. The highest BCUT2D eigenvalue weighted by molar-refractivity contribution is 6.17. The van der Waals surface area contributed by atoms with Gasteiger partial charge in [-0.05, 0) is 60.2 Å². The fourth-order valence-electron chi connectivity index (χ4n) is 4.52. The average Bonchev–Trinajstić information content (AvgIpc) is 3.29. The second kappa shape index (κ2) is 10.4. The molecule has 0 saturated carbocycles. The third-order valence-electron chi connectivity index (χ3n) is 6.59. The molecule has 34 heavy (non-hydrogen) atoms. The van der Waals surface area contributed by atoms with Crippen molar-refractivity contribution in [1.29, 1.82) is 0 Å². The van der Waals surface area contributed by atoms with E-state index in [2.05, 4.69) is 48.4 Å². The number of alkyl halides is 1. The quantitative estimate of drug-likeness (QED) is 0.221. The number of halogens is 1. The first kappa shape index (κ1) is 24.0. The number of esters is 1. The zero-order chi connectivity index (χ0) is 24.2. The molecule has 0 spiro atoms. The Bertz CT molecular complexity index is 1300. The molecule has 0 aliphatic heterocycles. The van der Waals surface area contributed by atoms with E-state index in [1.165, 1.54) is 0 Å². The van der Waals surface area contributed by atoms with Gasteiger partial charge in [0, 0.05) is 18.3 Å². The number of carbonyl (C=O) groups is 1. The minimum absolute atomic E-state index is 0.206. The summed E-state index contributed by atoms with van der Waals surface area (Å²) in [5.41, 5.74) is 8.12. The number of hydrogen-bond donors (Lipinski definition) is 0. The van der Waals surface area contributed by atoms with Crippen LogP contribution < -0.4 is 0 Å². The van der Waals surface area contributed by atoms with E-state index in [0.29, 0.717) is 5.88 Å². The van der Waals surface area contributed by atoms with Crippen molar-refractivity contribution in [2.75, 3.05) is 0 Å². The molecule has 1 heterocycles. The van der Waals surface area contributed by atoms with Gasteiger partial charge in [0.2, 0.25) is 0 Å². The summed E-state index contributed by atoms with van der Waals surface area (Å²) in [5.74, 6) is -0.435. The standard InChI is InChI=1S/C28H30ClN3O2/c1-5-32-25-14-13-24(19(3)27(25)30-31-32)26(22-12-11-18(2)23(15-22)16-29)20(4)28(33)34-17-21-9-7-6-8-10-21/h6-15,20,26H,5,16-17H2,1-4H3. The number of aromatic nitrogens is 3. The van der Waals surface area contributed by atoms with E-state index in [0.717, 1.165) is 51.0 Å². The second-order valence-corrected chi connectivity index (χ2v) is 9.00. The highest BCUT2D eigenvalue weighted by Gasteiger charge is 2.31. The van der Waals surface area contributed by atoms with Gasteiger partial charge >= 0.3 is 5.97 Å². The van der Waals surface area contributed by atoms with E-state index in [1.807, 2.05) is 54.9 Å². The highest BCUT2D eigenvalue weighted by Crippen LogP contribution is 2.37. The first-order valence-electron chi connectivity index (χ1n) is 11.6. The summed E-state index contributed by atoms with van der Waals surface area (Å²) in [6.45, 7) is 9.08. The van der Waals surface area contributed by atoms with Crippen molar-refractivity contribution in [3.05, 3.63) is 94.0 Å². The van der Waals surface area contributed by atoms with Gasteiger partial charge in [0.05, 0.1) is 11.4 Å². The topological polar surface area (TPSA) is 57.0 Å². The summed E-state index contributed by atoms with van der Waals surface area (Å²) in [5, 5.41) is 8.72. The maximum absolute atomic E-state index is 13.3. The maximum atomic E-state index is 13.3. The van der Waals surface area contributed by atoms with Crippen LogP contribution >= 0.6 is 11.6 Å². The SMILES string of the molecule is CCn1nnc2c(C)c(C(c3ccc(C)c(CCl)c3)C(C)C(=O)OCc3ccccc3)ccc21. The van der Waals surface area contributed by atoms with Crippen LogP contribution in [0.1, 0.15) is 53.1 Å². The molecule has 176 valence electrons. The lowest BCUT2D eigenvalue weighted by atomic mass is 9.79. The molecule has 1 aromatic heterocycles. The molecule has 0 aliphatic rings. The monoisotopic (exact) mass is 475 g/mol. The first-order valence-corrected chi connectivity index (χ1v) is 12.2. The molecular weight excluding hydrogens is 446 g/mol. The molecule has 0 saturated heterocycles. The predicted octanol–water partition coefficient (Wildman–Crippen LogP) is 6.32. The van der Waals surface area contributed by atoms with Crippen LogP contribution in [0.15, 0.2) is 60.7 Å². The van der Waals surface area contributed by atoms with Gasteiger partial charge in [-0.15, -0.1) is 16.7 Å². The molecule has 3 aromatic carbocycles. The Labute approximate surface area is 205 Å². The molecule has 0 N–H and O–H groups in total. The van der Waals surface area contributed by atoms with Crippen molar-refractivity contribution >= 4 is 28.6 Å². The lowest BCUT2D eigenvalue weighted by molar-refractivity contribution is -0.149.